The van der Waals surface area contributed by atoms with Gasteiger partial charge in [0.25, 0.3) is 0 Å². The smallest absolute Gasteiger partial charge is 0.0266 e. The van der Waals surface area contributed by atoms with Crippen molar-refractivity contribution in [3.8, 4) is 0 Å². The second-order valence-electron chi connectivity index (χ2n) is 3.94. The van der Waals surface area contributed by atoms with Crippen LogP contribution in [0.3, 0.4) is 0 Å². The van der Waals surface area contributed by atoms with Crippen molar-refractivity contribution < 1.29 is 0 Å². The molecule has 0 amide bonds. The van der Waals surface area contributed by atoms with Gasteiger partial charge in [0.1, 0.15) is 0 Å². The van der Waals surface area contributed by atoms with E-state index in [4.69, 9.17) is 0 Å². The summed E-state index contributed by atoms with van der Waals surface area (Å²) < 4.78 is 0. The summed E-state index contributed by atoms with van der Waals surface area (Å²) in [4.78, 5) is 0. The Bertz CT molecular complexity index is 126. The molecule has 0 N–H and O–H groups in total. The van der Waals surface area contributed by atoms with E-state index in [2.05, 4.69) is 26.5 Å². The second kappa shape index (κ2) is 2.77. The highest BCUT2D eigenvalue weighted by molar-refractivity contribution is 4.90. The van der Waals surface area contributed by atoms with E-state index in [9.17, 15) is 0 Å². The van der Waals surface area contributed by atoms with Crippen molar-refractivity contribution in [3.05, 3.63) is 12.7 Å². The summed E-state index contributed by atoms with van der Waals surface area (Å²) in [5, 5.41) is 0. The first-order valence-corrected chi connectivity index (χ1v) is 4.30. The van der Waals surface area contributed by atoms with Crippen LogP contribution in [0.2, 0.25) is 0 Å². The largest absolute Gasteiger partial charge is 0.103 e. The van der Waals surface area contributed by atoms with Gasteiger partial charge in [-0.25, -0.2) is 0 Å². The minimum atomic E-state index is 0.585. The predicted octanol–water partition coefficient (Wildman–Crippen LogP) is 3.39. The van der Waals surface area contributed by atoms with Gasteiger partial charge in [0.05, 0.1) is 0 Å². The summed E-state index contributed by atoms with van der Waals surface area (Å²) in [6.07, 6.45) is 7.52. The maximum absolute atomic E-state index is 3.80. The van der Waals surface area contributed by atoms with Gasteiger partial charge in [0, 0.05) is 0 Å². The topological polar surface area (TPSA) is 0 Å². The van der Waals surface area contributed by atoms with Gasteiger partial charge in [0.15, 0.2) is 0 Å². The van der Waals surface area contributed by atoms with Gasteiger partial charge in [-0.05, 0) is 24.2 Å². The Morgan fingerprint density at radius 1 is 1.70 bits per heavy atom. The Morgan fingerprint density at radius 2 is 2.40 bits per heavy atom. The molecule has 0 aliphatic heterocycles. The van der Waals surface area contributed by atoms with Crippen LogP contribution in [-0.2, 0) is 0 Å². The lowest BCUT2D eigenvalue weighted by atomic mass is 9.78. The van der Waals surface area contributed by atoms with Gasteiger partial charge < -0.3 is 0 Å². The van der Waals surface area contributed by atoms with Crippen LogP contribution in [0.15, 0.2) is 12.7 Å². The Kier molecular flexibility index (Phi) is 2.18. The number of rotatable bonds is 2. The molecule has 0 aromatic heterocycles. The monoisotopic (exact) mass is 138 g/mol. The minimum Gasteiger partial charge on any atom is -0.103 e. The molecule has 0 radical (unpaired) electrons. The standard InChI is InChI=1S/C10H18/c1-4-7-10(3)8-5-6-9(10)2/h4,9H,1,5-8H2,2-3H3. The zero-order valence-corrected chi connectivity index (χ0v) is 7.19. The summed E-state index contributed by atoms with van der Waals surface area (Å²) in [7, 11) is 0. The number of hydrogen-bond donors (Lipinski definition) is 0. The summed E-state index contributed by atoms with van der Waals surface area (Å²) in [6.45, 7) is 8.57. The summed E-state index contributed by atoms with van der Waals surface area (Å²) >= 11 is 0. The van der Waals surface area contributed by atoms with Gasteiger partial charge >= 0.3 is 0 Å². The molecule has 2 atom stereocenters. The lowest BCUT2D eigenvalue weighted by Crippen LogP contribution is -2.17. The van der Waals surface area contributed by atoms with E-state index in [1.165, 1.54) is 25.7 Å². The molecule has 0 aromatic rings. The normalized spacial score (nSPS) is 40.0. The fourth-order valence-electron chi connectivity index (χ4n) is 2.04. The molecule has 1 aliphatic rings. The van der Waals surface area contributed by atoms with Crippen LogP contribution in [0.4, 0.5) is 0 Å². The molecular weight excluding hydrogens is 120 g/mol. The molecule has 10 heavy (non-hydrogen) atoms. The zero-order valence-electron chi connectivity index (χ0n) is 7.19. The molecule has 0 nitrogen and oxygen atoms in total. The minimum absolute atomic E-state index is 0.585. The first-order valence-electron chi connectivity index (χ1n) is 4.30. The van der Waals surface area contributed by atoms with E-state index in [-0.39, 0.29) is 0 Å². The number of hydrogen-bond acceptors (Lipinski definition) is 0. The van der Waals surface area contributed by atoms with Crippen molar-refractivity contribution >= 4 is 0 Å². The van der Waals surface area contributed by atoms with E-state index in [0.29, 0.717) is 5.41 Å². The highest BCUT2D eigenvalue weighted by Crippen LogP contribution is 2.45. The van der Waals surface area contributed by atoms with Crippen LogP contribution < -0.4 is 0 Å². The third-order valence-electron chi connectivity index (χ3n) is 3.19. The predicted molar refractivity (Wildman–Crippen MR) is 45.9 cm³/mol. The van der Waals surface area contributed by atoms with Gasteiger partial charge in [0.2, 0.25) is 0 Å². The first-order chi connectivity index (χ1) is 4.69. The highest BCUT2D eigenvalue weighted by atomic mass is 14.4. The second-order valence-corrected chi connectivity index (χ2v) is 3.94. The van der Waals surface area contributed by atoms with E-state index in [1.54, 1.807) is 0 Å². The van der Waals surface area contributed by atoms with Crippen molar-refractivity contribution in [1.29, 1.82) is 0 Å². The average Bonchev–Trinajstić information content (AvgIpc) is 2.15. The van der Waals surface area contributed by atoms with Gasteiger partial charge in [-0.3, -0.25) is 0 Å². The van der Waals surface area contributed by atoms with E-state index in [0.717, 1.165) is 5.92 Å². The van der Waals surface area contributed by atoms with Crippen LogP contribution in [-0.4, -0.2) is 0 Å². The van der Waals surface area contributed by atoms with E-state index >= 15 is 0 Å². The lowest BCUT2D eigenvalue weighted by Gasteiger charge is -2.27. The fourth-order valence-corrected chi connectivity index (χ4v) is 2.04. The molecule has 0 heterocycles. The molecular formula is C10H18. The van der Waals surface area contributed by atoms with Gasteiger partial charge in [-0.2, -0.15) is 0 Å². The summed E-state index contributed by atoms with van der Waals surface area (Å²) in [5.41, 5.74) is 0.585. The molecule has 0 aromatic carbocycles. The van der Waals surface area contributed by atoms with Gasteiger partial charge in [-0.15, -0.1) is 6.58 Å². The van der Waals surface area contributed by atoms with Crippen LogP contribution in [0, 0.1) is 11.3 Å². The van der Waals surface area contributed by atoms with Crippen molar-refractivity contribution in [3.63, 3.8) is 0 Å². The van der Waals surface area contributed by atoms with Crippen LogP contribution in [0.5, 0.6) is 0 Å². The molecule has 1 saturated carbocycles. The Labute approximate surface area is 64.3 Å². The molecule has 0 bridgehead atoms. The molecule has 0 saturated heterocycles. The SMILES string of the molecule is C=CCC1(C)CCCC1C. The number of allylic oxidation sites excluding steroid dienone is 1. The molecule has 1 fully saturated rings. The van der Waals surface area contributed by atoms with Crippen LogP contribution >= 0.6 is 0 Å². The molecule has 0 spiro atoms. The maximum Gasteiger partial charge on any atom is -0.0266 e. The maximum atomic E-state index is 3.80. The molecule has 1 rings (SSSR count). The molecule has 0 heteroatoms. The summed E-state index contributed by atoms with van der Waals surface area (Å²) in [5.74, 6) is 0.908. The average molecular weight is 138 g/mol. The third-order valence-corrected chi connectivity index (χ3v) is 3.19. The molecule has 2 unspecified atom stereocenters. The molecule has 58 valence electrons. The van der Waals surface area contributed by atoms with Crippen LogP contribution in [0.25, 0.3) is 0 Å². The third kappa shape index (κ3) is 1.25. The van der Waals surface area contributed by atoms with Crippen molar-refractivity contribution in [2.24, 2.45) is 11.3 Å². The Hall–Kier alpha value is -0.260. The first kappa shape index (κ1) is 7.84. The van der Waals surface area contributed by atoms with E-state index < -0.39 is 0 Å². The highest BCUT2D eigenvalue weighted by Gasteiger charge is 2.33. The Balaban J connectivity index is 2.56. The van der Waals surface area contributed by atoms with Crippen LogP contribution in [0.1, 0.15) is 39.5 Å². The van der Waals surface area contributed by atoms with Crippen molar-refractivity contribution in [2.75, 3.05) is 0 Å². The van der Waals surface area contributed by atoms with E-state index in [1.807, 2.05) is 0 Å². The quantitative estimate of drug-likeness (QED) is 0.513. The summed E-state index contributed by atoms with van der Waals surface area (Å²) in [6, 6.07) is 0. The van der Waals surface area contributed by atoms with Gasteiger partial charge in [-0.1, -0.05) is 32.8 Å². The van der Waals surface area contributed by atoms with Crippen molar-refractivity contribution in [2.45, 2.75) is 39.5 Å². The lowest BCUT2D eigenvalue weighted by molar-refractivity contribution is 0.250. The zero-order chi connectivity index (χ0) is 7.61. The Morgan fingerprint density at radius 3 is 2.80 bits per heavy atom. The van der Waals surface area contributed by atoms with Crippen molar-refractivity contribution in [1.82, 2.24) is 0 Å². The molecule has 1 aliphatic carbocycles. The fraction of sp³-hybridized carbons (Fsp3) is 0.800.